The van der Waals surface area contributed by atoms with Crippen LogP contribution in [0, 0.1) is 5.92 Å². The first-order valence-corrected chi connectivity index (χ1v) is 9.18. The minimum Gasteiger partial charge on any atom is -0.433 e. The number of ether oxygens (including phenoxy) is 1. The summed E-state index contributed by atoms with van der Waals surface area (Å²) in [6, 6.07) is 4.72. The lowest BCUT2D eigenvalue weighted by atomic mass is 9.78. The monoisotopic (exact) mass is 372 g/mol. The fourth-order valence-electron chi connectivity index (χ4n) is 3.84. The Balaban J connectivity index is 1.80. The fourth-order valence-corrected chi connectivity index (χ4v) is 4.00. The van der Waals surface area contributed by atoms with Gasteiger partial charge in [-0.15, -0.1) is 0 Å². The average Bonchev–Trinajstić information content (AvgIpc) is 3.08. The highest BCUT2D eigenvalue weighted by molar-refractivity contribution is 6.62. The van der Waals surface area contributed by atoms with E-state index in [2.05, 4.69) is 11.7 Å². The Hall–Kier alpha value is -0.845. The lowest BCUT2D eigenvalue weighted by molar-refractivity contribution is -0.0497. The molecule has 1 saturated heterocycles. The molecule has 0 radical (unpaired) electrons. The third-order valence-corrected chi connectivity index (χ3v) is 5.95. The van der Waals surface area contributed by atoms with Crippen LogP contribution in [0.2, 0.25) is 5.02 Å². The van der Waals surface area contributed by atoms with Gasteiger partial charge in [-0.2, -0.15) is 8.78 Å². The van der Waals surface area contributed by atoms with Gasteiger partial charge < -0.3 is 14.0 Å². The van der Waals surface area contributed by atoms with Crippen LogP contribution in [0.5, 0.6) is 5.75 Å². The Morgan fingerprint density at radius 1 is 1.24 bits per heavy atom. The number of hydrogen-bond donors (Lipinski definition) is 0. The number of halogens is 3. The molecule has 1 saturated carbocycles. The Kier molecular flexibility index (Phi) is 5.34. The summed E-state index contributed by atoms with van der Waals surface area (Å²) < 4.78 is 42.0. The molecule has 2 aliphatic rings. The molecule has 1 aliphatic heterocycles. The van der Waals surface area contributed by atoms with Crippen LogP contribution >= 0.6 is 11.6 Å². The molecule has 25 heavy (non-hydrogen) atoms. The van der Waals surface area contributed by atoms with E-state index in [-0.39, 0.29) is 10.8 Å². The first-order chi connectivity index (χ1) is 11.7. The van der Waals surface area contributed by atoms with Crippen molar-refractivity contribution in [3.8, 4) is 5.75 Å². The smallest absolute Gasteiger partial charge is 0.433 e. The van der Waals surface area contributed by atoms with Gasteiger partial charge in [-0.3, -0.25) is 0 Å². The lowest BCUT2D eigenvalue weighted by Crippen LogP contribution is -2.46. The molecular formula is C18H24BClF2O3. The number of rotatable bonds is 5. The van der Waals surface area contributed by atoms with E-state index >= 15 is 0 Å². The highest BCUT2D eigenvalue weighted by Crippen LogP contribution is 2.44. The first-order valence-electron chi connectivity index (χ1n) is 8.80. The number of alkyl halides is 2. The molecule has 1 aromatic carbocycles. The number of benzene rings is 1. The van der Waals surface area contributed by atoms with Crippen LogP contribution < -0.4 is 10.2 Å². The summed E-state index contributed by atoms with van der Waals surface area (Å²) in [5, 5.41) is 0.134. The first kappa shape index (κ1) is 18.9. The molecule has 7 heteroatoms. The second kappa shape index (κ2) is 7.05. The van der Waals surface area contributed by atoms with Crippen molar-refractivity contribution < 1.29 is 22.8 Å². The maximum absolute atomic E-state index is 12.5. The predicted molar refractivity (Wildman–Crippen MR) is 94.7 cm³/mol. The Bertz CT molecular complexity index is 622. The molecule has 3 nitrogen and oxygen atoms in total. The van der Waals surface area contributed by atoms with E-state index in [1.165, 1.54) is 37.8 Å². The van der Waals surface area contributed by atoms with Gasteiger partial charge in [-0.05, 0) is 50.7 Å². The van der Waals surface area contributed by atoms with E-state index < -0.39 is 24.9 Å². The third-order valence-electron chi connectivity index (χ3n) is 5.64. The summed E-state index contributed by atoms with van der Waals surface area (Å²) in [6.45, 7) is 3.20. The van der Waals surface area contributed by atoms with Crippen LogP contribution in [0.25, 0.3) is 0 Å². The van der Waals surface area contributed by atoms with E-state index in [1.807, 2.05) is 13.8 Å². The predicted octanol–water partition coefficient (Wildman–Crippen LogP) is 4.80. The molecule has 138 valence electrons. The second-order valence-electron chi connectivity index (χ2n) is 7.73. The van der Waals surface area contributed by atoms with Crippen LogP contribution in [0.1, 0.15) is 52.9 Å². The molecule has 0 spiro atoms. The van der Waals surface area contributed by atoms with Gasteiger partial charge in [0.25, 0.3) is 0 Å². The zero-order valence-electron chi connectivity index (χ0n) is 14.9. The highest BCUT2D eigenvalue weighted by Gasteiger charge is 2.55. The second-order valence-corrected chi connectivity index (χ2v) is 8.14. The van der Waals surface area contributed by atoms with E-state index in [4.69, 9.17) is 20.9 Å². The Morgan fingerprint density at radius 2 is 1.92 bits per heavy atom. The average molecular weight is 373 g/mol. The van der Waals surface area contributed by atoms with Crippen molar-refractivity contribution in [2.75, 3.05) is 0 Å². The molecular weight excluding hydrogens is 348 g/mol. The molecule has 1 aliphatic carbocycles. The van der Waals surface area contributed by atoms with Crippen molar-refractivity contribution >= 4 is 24.2 Å². The van der Waals surface area contributed by atoms with Crippen molar-refractivity contribution in [3.63, 3.8) is 0 Å². The zero-order chi connectivity index (χ0) is 18.2. The molecule has 0 aromatic heterocycles. The van der Waals surface area contributed by atoms with E-state index in [0.717, 1.165) is 6.42 Å². The van der Waals surface area contributed by atoms with Gasteiger partial charge in [0.15, 0.2) is 0 Å². The van der Waals surface area contributed by atoms with Crippen molar-refractivity contribution in [1.29, 1.82) is 0 Å². The van der Waals surface area contributed by atoms with Crippen molar-refractivity contribution in [1.82, 2.24) is 0 Å². The molecule has 1 aromatic rings. The fraction of sp³-hybridized carbons (Fsp3) is 0.667. The summed E-state index contributed by atoms with van der Waals surface area (Å²) >= 11 is 5.93. The van der Waals surface area contributed by atoms with Gasteiger partial charge >= 0.3 is 13.7 Å². The van der Waals surface area contributed by atoms with Gasteiger partial charge in [0.1, 0.15) is 5.75 Å². The maximum atomic E-state index is 12.5. The van der Waals surface area contributed by atoms with Gasteiger partial charge in [0.2, 0.25) is 0 Å². The minimum atomic E-state index is -2.93. The summed E-state index contributed by atoms with van der Waals surface area (Å²) in [6.07, 6.45) is 5.94. The molecule has 0 amide bonds. The number of hydrogen-bond acceptors (Lipinski definition) is 3. The van der Waals surface area contributed by atoms with Gasteiger partial charge in [-0.25, -0.2) is 0 Å². The van der Waals surface area contributed by atoms with Crippen LogP contribution in [-0.2, 0) is 9.31 Å². The summed E-state index contributed by atoms with van der Waals surface area (Å²) in [7, 11) is -0.626. The quantitative estimate of drug-likeness (QED) is 0.695. The van der Waals surface area contributed by atoms with Crippen LogP contribution in [0.3, 0.4) is 0 Å². The summed E-state index contributed by atoms with van der Waals surface area (Å²) in [4.78, 5) is 0. The molecule has 0 N–H and O–H groups in total. The summed E-state index contributed by atoms with van der Waals surface area (Å²) in [5.74, 6) is 0.582. The Morgan fingerprint density at radius 3 is 2.56 bits per heavy atom. The van der Waals surface area contributed by atoms with Crippen LogP contribution in [-0.4, -0.2) is 24.9 Å². The van der Waals surface area contributed by atoms with Gasteiger partial charge in [0.05, 0.1) is 16.2 Å². The Labute approximate surface area is 153 Å². The standard InChI is InChI=1S/C18H24BClF2O3/c1-17(2)18(3,11-12-6-4-5-7-12)25-19(24-17)13-8-9-14(20)15(10-13)23-16(21)22/h8-10,12,16H,4-7,11H2,1-3H3. The van der Waals surface area contributed by atoms with Crippen LogP contribution in [0.15, 0.2) is 18.2 Å². The normalized spacial score (nSPS) is 26.6. The zero-order valence-corrected chi connectivity index (χ0v) is 15.6. The third kappa shape index (κ3) is 3.96. The van der Waals surface area contributed by atoms with Gasteiger partial charge in [0, 0.05) is 0 Å². The maximum Gasteiger partial charge on any atom is 0.494 e. The molecule has 3 rings (SSSR count). The van der Waals surface area contributed by atoms with E-state index in [0.29, 0.717) is 11.4 Å². The van der Waals surface area contributed by atoms with Crippen molar-refractivity contribution in [3.05, 3.63) is 23.2 Å². The molecule has 2 fully saturated rings. The van der Waals surface area contributed by atoms with Crippen LogP contribution in [0.4, 0.5) is 8.78 Å². The topological polar surface area (TPSA) is 27.7 Å². The largest absolute Gasteiger partial charge is 0.494 e. The molecule has 0 bridgehead atoms. The van der Waals surface area contributed by atoms with E-state index in [1.54, 1.807) is 6.07 Å². The summed E-state index contributed by atoms with van der Waals surface area (Å²) in [5.41, 5.74) is -0.289. The minimum absolute atomic E-state index is 0.0661. The SMILES string of the molecule is CC1(C)OB(c2ccc(Cl)c(OC(F)F)c2)OC1(C)CC1CCCC1. The highest BCUT2D eigenvalue weighted by atomic mass is 35.5. The van der Waals surface area contributed by atoms with Crippen molar-refractivity contribution in [2.45, 2.75) is 70.7 Å². The van der Waals surface area contributed by atoms with E-state index in [9.17, 15) is 8.78 Å². The lowest BCUT2D eigenvalue weighted by Gasteiger charge is -2.38. The molecule has 1 heterocycles. The molecule has 1 unspecified atom stereocenters. The molecule has 1 atom stereocenters. The van der Waals surface area contributed by atoms with Gasteiger partial charge in [-0.1, -0.05) is 43.4 Å². The van der Waals surface area contributed by atoms with Crippen molar-refractivity contribution in [2.24, 2.45) is 5.92 Å².